The topological polar surface area (TPSA) is 144 Å². The number of phosphoric ester groups is 1. The molecule has 13 nitrogen and oxygen atoms in total. The highest BCUT2D eigenvalue weighted by atomic mass is 32.2. The predicted molar refractivity (Wildman–Crippen MR) is 307 cm³/mol. The van der Waals surface area contributed by atoms with Crippen LogP contribution >= 0.6 is 7.82 Å². The molecule has 11 atom stereocenters. The molecule has 0 saturated carbocycles. The summed E-state index contributed by atoms with van der Waals surface area (Å²) in [5, 5.41) is -0.0633. The number of phosphoric acid groups is 1. The van der Waals surface area contributed by atoms with E-state index in [1.54, 1.807) is 31.4 Å². The summed E-state index contributed by atoms with van der Waals surface area (Å²) in [7, 11) is -14.1. The Bertz CT molecular complexity index is 2060. The Labute approximate surface area is 449 Å². The van der Waals surface area contributed by atoms with E-state index < -0.39 is 91.8 Å². The van der Waals surface area contributed by atoms with Gasteiger partial charge in [0.15, 0.2) is 38.0 Å². The lowest BCUT2D eigenvalue weighted by molar-refractivity contribution is -0.341. The van der Waals surface area contributed by atoms with Crippen molar-refractivity contribution >= 4 is 50.4 Å². The molecule has 426 valence electrons. The molecule has 73 heavy (non-hydrogen) atoms. The molecule has 19 heteroatoms. The Balaban J connectivity index is 1.87. The molecule has 3 aliphatic heterocycles. The van der Waals surface area contributed by atoms with Crippen molar-refractivity contribution in [1.82, 2.24) is 0 Å². The summed E-state index contributed by atoms with van der Waals surface area (Å²) < 4.78 is 113. The molecule has 3 saturated heterocycles. The first-order chi connectivity index (χ1) is 32.9. The lowest BCUT2D eigenvalue weighted by Gasteiger charge is -2.53. The van der Waals surface area contributed by atoms with Gasteiger partial charge >= 0.3 is 7.82 Å². The maximum Gasteiger partial charge on any atom is 0.475 e. The Morgan fingerprint density at radius 3 is 1.77 bits per heavy atom. The molecule has 0 aliphatic carbocycles. The summed E-state index contributed by atoms with van der Waals surface area (Å²) in [6, 6.07) is 10.1. The normalized spacial score (nSPS) is 29.6. The van der Waals surface area contributed by atoms with Crippen molar-refractivity contribution in [3.8, 4) is 0 Å². The molecule has 3 heterocycles. The van der Waals surface area contributed by atoms with Gasteiger partial charge in [-0.1, -0.05) is 134 Å². The lowest BCUT2D eigenvalue weighted by Crippen LogP contribution is -2.60. The van der Waals surface area contributed by atoms with Gasteiger partial charge in [-0.2, -0.15) is 0 Å². The molecule has 0 unspecified atom stereocenters. The number of ether oxygens (including phenoxy) is 5. The van der Waals surface area contributed by atoms with Gasteiger partial charge in [-0.15, -0.1) is 0 Å². The summed E-state index contributed by atoms with van der Waals surface area (Å²) in [5.74, 6) is -2.73. The number of methoxy groups -OCH3 is 1. The molecular weight excluding hydrogens is 1030 g/mol. The lowest BCUT2D eigenvalue weighted by atomic mass is 9.72. The Morgan fingerprint density at radius 2 is 1.27 bits per heavy atom. The van der Waals surface area contributed by atoms with Crippen LogP contribution in [0.4, 0.5) is 0 Å². The van der Waals surface area contributed by atoms with Crippen molar-refractivity contribution < 1.29 is 59.1 Å². The van der Waals surface area contributed by atoms with Crippen molar-refractivity contribution in [3.05, 3.63) is 30.3 Å². The summed E-state index contributed by atoms with van der Waals surface area (Å²) in [6.07, 6.45) is -3.19. The first-order valence-corrected chi connectivity index (χ1v) is 43.7. The first kappa shape index (κ1) is 65.4. The third-order valence-corrected chi connectivity index (χ3v) is 32.6. The van der Waals surface area contributed by atoms with E-state index in [0.717, 1.165) is 12.1 Å². The van der Waals surface area contributed by atoms with Crippen LogP contribution in [0.2, 0.25) is 87.6 Å². The van der Waals surface area contributed by atoms with Crippen LogP contribution in [0.3, 0.4) is 0 Å². The van der Waals surface area contributed by atoms with Gasteiger partial charge in [0.2, 0.25) is 0 Å². The molecule has 1 spiro atoms. The van der Waals surface area contributed by atoms with E-state index in [4.69, 9.17) is 46.1 Å². The highest BCUT2D eigenvalue weighted by Crippen LogP contribution is 2.62. The Hall–Kier alpha value is -0.132. The van der Waals surface area contributed by atoms with Gasteiger partial charge in [-0.3, -0.25) is 13.6 Å². The zero-order valence-corrected chi connectivity index (χ0v) is 55.9. The fraction of sp³-hybridized carbons (Fsp3) is 0.889. The predicted octanol–water partition coefficient (Wildman–Crippen LogP) is 14.2. The SMILES string of the molecule is CO[C@@H](C[C@@H]1OC(C)(C)O[C@H]([C@H](C)CO[Si](C)(C)C(C)(C)C)[C@H]1C)[C@H]1O[C@]2(C[C@@H](O[Si](C)(C)C(C)(C)C)[C@H](C)[C@H](CCS(=O)(=O)c3ccccc3)O2)C(C)(C)[C@H]1OP(=O)(OCC[Si](C)(C)C)OCC[Si](C)(C)C. The molecular formula is C54H105O13PSSi4. The molecule has 0 bridgehead atoms. The first-order valence-electron chi connectivity index (χ1n) is 27.3. The number of rotatable bonds is 24. The second-order valence-corrected chi connectivity index (χ2v) is 53.0. The van der Waals surface area contributed by atoms with Gasteiger partial charge in [0.05, 0.1) is 54.4 Å². The highest BCUT2D eigenvalue weighted by Gasteiger charge is 2.69. The van der Waals surface area contributed by atoms with Crippen LogP contribution in [0.1, 0.15) is 109 Å². The summed E-state index contributed by atoms with van der Waals surface area (Å²) in [5.41, 5.74) is -1.07. The van der Waals surface area contributed by atoms with E-state index in [2.05, 4.69) is 128 Å². The van der Waals surface area contributed by atoms with Crippen LogP contribution < -0.4 is 0 Å². The van der Waals surface area contributed by atoms with Gasteiger partial charge in [-0.25, -0.2) is 13.0 Å². The van der Waals surface area contributed by atoms with Crippen LogP contribution in [-0.2, 0) is 60.5 Å². The van der Waals surface area contributed by atoms with Gasteiger partial charge in [0.25, 0.3) is 0 Å². The molecule has 1 aromatic rings. The molecule has 0 radical (unpaired) electrons. The molecule has 0 amide bonds. The minimum absolute atomic E-state index is 0.0578. The number of hydrogen-bond acceptors (Lipinski definition) is 13. The summed E-state index contributed by atoms with van der Waals surface area (Å²) in [4.78, 5) is 0.266. The minimum Gasteiger partial charge on any atom is -0.416 e. The van der Waals surface area contributed by atoms with Gasteiger partial charge < -0.3 is 32.5 Å². The number of benzene rings is 1. The summed E-state index contributed by atoms with van der Waals surface area (Å²) >= 11 is 0. The van der Waals surface area contributed by atoms with Crippen LogP contribution in [0, 0.1) is 23.2 Å². The van der Waals surface area contributed by atoms with Crippen molar-refractivity contribution in [2.75, 3.05) is 32.7 Å². The second kappa shape index (κ2) is 23.9. The Kier molecular flexibility index (Phi) is 21.4. The van der Waals surface area contributed by atoms with E-state index in [9.17, 15) is 8.42 Å². The standard InChI is InChI=1S/C54H105O13PSSi4/c1-39(38-61-72(21,22)50(4,5)6)47-41(3)44(62-53(12,13)64-47)36-45(58-14)48-49(66-68(55,59-31-34-70(15,16)17)60-32-35-71(18,19)20)52(10,11)54(65-48)37-46(67-73(23,24)51(7,8)9)40(2)43(63-54)30-33-69(56,57)42-28-26-25-27-29-42/h25-29,39-41,43-49H,30-38H2,1-24H3/t39-,40-,41+,43+,44+,45+,46-,47-,48-,49+,54-/m1/s1. The van der Waals surface area contributed by atoms with Gasteiger partial charge in [0, 0.05) is 65.9 Å². The zero-order valence-electron chi connectivity index (χ0n) is 50.2. The van der Waals surface area contributed by atoms with Crippen molar-refractivity contribution in [2.45, 2.75) is 256 Å². The second-order valence-electron chi connectivity index (χ2n) is 28.4. The molecule has 0 aromatic heterocycles. The number of sulfone groups is 1. The van der Waals surface area contributed by atoms with E-state index in [1.165, 1.54) is 0 Å². The van der Waals surface area contributed by atoms with Crippen molar-refractivity contribution in [2.24, 2.45) is 23.2 Å². The van der Waals surface area contributed by atoms with Gasteiger partial charge in [-0.05, 0) is 80.8 Å². The van der Waals surface area contributed by atoms with E-state index in [-0.39, 0.29) is 76.4 Å². The maximum atomic E-state index is 15.5. The Morgan fingerprint density at radius 1 is 0.740 bits per heavy atom. The van der Waals surface area contributed by atoms with Crippen LogP contribution in [0.25, 0.3) is 0 Å². The fourth-order valence-electron chi connectivity index (χ4n) is 9.60. The summed E-state index contributed by atoms with van der Waals surface area (Å²) in [6.45, 7) is 51.4. The van der Waals surface area contributed by atoms with E-state index in [0.29, 0.717) is 19.4 Å². The zero-order chi connectivity index (χ0) is 55.8. The quantitative estimate of drug-likeness (QED) is 0.0716. The highest BCUT2D eigenvalue weighted by molar-refractivity contribution is 7.91. The molecule has 0 N–H and O–H groups in total. The third kappa shape index (κ3) is 16.9. The molecule has 4 rings (SSSR count). The molecule has 3 fully saturated rings. The average Bonchev–Trinajstić information content (AvgIpc) is 3.42. The monoisotopic (exact) mass is 1140 g/mol. The van der Waals surface area contributed by atoms with Gasteiger partial charge in [0.1, 0.15) is 12.2 Å². The maximum absolute atomic E-state index is 15.5. The largest absolute Gasteiger partial charge is 0.475 e. The van der Waals surface area contributed by atoms with E-state index >= 15 is 4.57 Å². The fourth-order valence-corrected chi connectivity index (χ4v) is 16.7. The smallest absolute Gasteiger partial charge is 0.416 e. The van der Waals surface area contributed by atoms with Crippen LogP contribution in [0.5, 0.6) is 0 Å². The molecule has 1 aromatic carbocycles. The van der Waals surface area contributed by atoms with Crippen LogP contribution in [-0.4, -0.2) is 128 Å². The molecule has 3 aliphatic rings. The average molecular weight is 1140 g/mol. The minimum atomic E-state index is -4.29. The van der Waals surface area contributed by atoms with Crippen LogP contribution in [0.15, 0.2) is 35.2 Å². The van der Waals surface area contributed by atoms with Crippen molar-refractivity contribution in [1.29, 1.82) is 0 Å². The third-order valence-electron chi connectivity index (χ3n) is 16.9. The van der Waals surface area contributed by atoms with Crippen molar-refractivity contribution in [3.63, 3.8) is 0 Å². The number of hydrogen-bond donors (Lipinski definition) is 0. The van der Waals surface area contributed by atoms with E-state index in [1.807, 2.05) is 33.8 Å².